The Bertz CT molecular complexity index is 728. The van der Waals surface area contributed by atoms with Crippen molar-refractivity contribution < 1.29 is 19.2 Å². The summed E-state index contributed by atoms with van der Waals surface area (Å²) >= 11 is 5.93. The molecule has 0 aromatic carbocycles. The van der Waals surface area contributed by atoms with Gasteiger partial charge < -0.3 is 4.90 Å². The molecule has 1 aromatic heterocycles. The summed E-state index contributed by atoms with van der Waals surface area (Å²) in [4.78, 5) is 33.0. The zero-order chi connectivity index (χ0) is 20.8. The zero-order valence-electron chi connectivity index (χ0n) is 16.1. The van der Waals surface area contributed by atoms with Gasteiger partial charge in [-0.2, -0.15) is 14.4 Å². The van der Waals surface area contributed by atoms with Crippen LogP contribution in [0, 0.1) is 17.7 Å². The van der Waals surface area contributed by atoms with E-state index in [2.05, 4.69) is 20.8 Å². The first-order valence-electron chi connectivity index (χ1n) is 9.92. The van der Waals surface area contributed by atoms with Crippen molar-refractivity contribution in [2.45, 2.75) is 44.9 Å². The van der Waals surface area contributed by atoms with Crippen LogP contribution in [0.15, 0.2) is 0 Å². The highest BCUT2D eigenvalue weighted by Crippen LogP contribution is 2.31. The van der Waals surface area contributed by atoms with E-state index in [9.17, 15) is 19.2 Å². The fourth-order valence-corrected chi connectivity index (χ4v) is 4.20. The van der Waals surface area contributed by atoms with E-state index < -0.39 is 17.6 Å². The molecule has 0 spiro atoms. The van der Waals surface area contributed by atoms with Gasteiger partial charge in [-0.05, 0) is 36.8 Å². The van der Waals surface area contributed by atoms with Gasteiger partial charge in [0.1, 0.15) is 0 Å². The molecule has 9 nitrogen and oxygen atoms in total. The number of aromatic nitrogens is 2. The van der Waals surface area contributed by atoms with Gasteiger partial charge >= 0.3 is 0 Å². The Labute approximate surface area is 173 Å². The average molecular weight is 429 g/mol. The predicted molar refractivity (Wildman–Crippen MR) is 105 cm³/mol. The molecule has 11 heteroatoms. The van der Waals surface area contributed by atoms with E-state index in [1.807, 2.05) is 0 Å². The molecule has 1 saturated carbocycles. The van der Waals surface area contributed by atoms with E-state index in [0.717, 1.165) is 38.5 Å². The maximum absolute atomic E-state index is 14.8. The molecule has 2 fully saturated rings. The van der Waals surface area contributed by atoms with Crippen LogP contribution in [-0.4, -0.2) is 52.2 Å². The van der Waals surface area contributed by atoms with E-state index in [1.165, 1.54) is 0 Å². The highest BCUT2D eigenvalue weighted by molar-refractivity contribution is 6.28. The Balaban J connectivity index is 1.67. The number of hydrogen-bond donors (Lipinski definition) is 3. The monoisotopic (exact) mass is 428 g/mol. The third-order valence-electron chi connectivity index (χ3n) is 5.51. The van der Waals surface area contributed by atoms with Crippen LogP contribution in [0.1, 0.15) is 44.9 Å². The number of nitrogens with zero attached hydrogens (tertiary/aromatic N) is 4. The molecule has 2 heterocycles. The summed E-state index contributed by atoms with van der Waals surface area (Å²) in [5.74, 6) is -1.56. The number of hydroxylamine groups is 2. The maximum atomic E-state index is 14.8. The van der Waals surface area contributed by atoms with Crippen molar-refractivity contribution in [2.75, 3.05) is 30.0 Å². The smallest absolute Gasteiger partial charge is 0.243 e. The van der Waals surface area contributed by atoms with Gasteiger partial charge in [-0.15, -0.1) is 0 Å². The number of nitrogens with one attached hydrogen (secondary N) is 2. The molecule has 2 amide bonds. The van der Waals surface area contributed by atoms with Crippen LogP contribution in [0.4, 0.5) is 16.0 Å². The number of halogens is 2. The number of anilines is 2. The first-order chi connectivity index (χ1) is 14.0. The van der Waals surface area contributed by atoms with Gasteiger partial charge in [0.05, 0.1) is 12.5 Å². The summed E-state index contributed by atoms with van der Waals surface area (Å²) < 4.78 is 14.8. The first-order valence-corrected chi connectivity index (χ1v) is 10.3. The molecule has 1 atom stereocenters. The van der Waals surface area contributed by atoms with Crippen LogP contribution in [0.5, 0.6) is 0 Å². The van der Waals surface area contributed by atoms with Gasteiger partial charge in [-0.1, -0.05) is 25.7 Å². The normalized spacial score (nSPS) is 18.0. The quantitative estimate of drug-likeness (QED) is 0.239. The molecular weight excluding hydrogens is 403 g/mol. The lowest BCUT2D eigenvalue weighted by molar-refractivity contribution is -0.154. The lowest BCUT2D eigenvalue weighted by atomic mass is 9.92. The maximum Gasteiger partial charge on any atom is 0.243 e. The van der Waals surface area contributed by atoms with Crippen molar-refractivity contribution in [3.63, 3.8) is 0 Å². The molecule has 1 aliphatic carbocycles. The second-order valence-corrected chi connectivity index (χ2v) is 7.94. The van der Waals surface area contributed by atoms with Crippen LogP contribution < -0.4 is 15.8 Å². The van der Waals surface area contributed by atoms with Crippen LogP contribution in [0.3, 0.4) is 0 Å². The van der Waals surface area contributed by atoms with Gasteiger partial charge in [0.25, 0.3) is 0 Å². The summed E-state index contributed by atoms with van der Waals surface area (Å²) in [6, 6.07) is 0. The lowest BCUT2D eigenvalue weighted by Gasteiger charge is -2.23. The second kappa shape index (κ2) is 10.0. The summed E-state index contributed by atoms with van der Waals surface area (Å²) in [6.45, 7) is 1.22. The zero-order valence-corrected chi connectivity index (χ0v) is 16.9. The summed E-state index contributed by atoms with van der Waals surface area (Å²) in [5, 5.41) is 9.86. The second-order valence-electron chi connectivity index (χ2n) is 7.60. The molecule has 0 radical (unpaired) electrons. The average Bonchev–Trinajstić information content (AvgIpc) is 3.41. The number of hydrogen-bond acceptors (Lipinski definition) is 7. The number of carbonyl (C=O) groups excluding carboxylic acids is 2. The molecular formula is C18H26ClFN6O3. The van der Waals surface area contributed by atoms with Crippen molar-refractivity contribution in [3.05, 3.63) is 11.1 Å². The first kappa shape index (κ1) is 21.5. The SMILES string of the molecule is O=CN(O)C[C@@H](CC1CCCC1)C(=O)NNc1nc(Cl)nc(N2CCCC2)c1F. The summed E-state index contributed by atoms with van der Waals surface area (Å²) in [5.41, 5.74) is 4.93. The van der Waals surface area contributed by atoms with E-state index in [-0.39, 0.29) is 29.9 Å². The standard InChI is InChI=1S/C18H26ClFN6O3/c19-18-21-15(14(20)16(22-18)25-7-3-4-8-25)23-24-17(28)13(10-26(29)11-27)9-12-5-1-2-6-12/h11-13,29H,1-10H2,(H,24,28)(H,21,22,23)/t13-/m1/s1. The number of hydrazine groups is 1. The Morgan fingerprint density at radius 2 is 2.00 bits per heavy atom. The highest BCUT2D eigenvalue weighted by atomic mass is 35.5. The van der Waals surface area contributed by atoms with E-state index in [1.54, 1.807) is 4.90 Å². The molecule has 29 heavy (non-hydrogen) atoms. The molecule has 160 valence electrons. The molecule has 1 aromatic rings. The van der Waals surface area contributed by atoms with Gasteiger partial charge in [-0.3, -0.25) is 25.6 Å². The molecule has 3 N–H and O–H groups in total. The Hall–Kier alpha value is -2.20. The van der Waals surface area contributed by atoms with Gasteiger partial charge in [0, 0.05) is 13.1 Å². The molecule has 2 aliphatic rings. The van der Waals surface area contributed by atoms with Gasteiger partial charge in [0.15, 0.2) is 11.6 Å². The lowest BCUT2D eigenvalue weighted by Crippen LogP contribution is -2.41. The summed E-state index contributed by atoms with van der Waals surface area (Å²) in [7, 11) is 0. The molecule has 1 saturated heterocycles. The van der Waals surface area contributed by atoms with Crippen LogP contribution in [0.2, 0.25) is 5.28 Å². The molecule has 3 rings (SSSR count). The van der Waals surface area contributed by atoms with E-state index in [4.69, 9.17) is 11.6 Å². The van der Waals surface area contributed by atoms with Crippen LogP contribution in [0.25, 0.3) is 0 Å². The number of rotatable bonds is 9. The minimum absolute atomic E-state index is 0.101. The van der Waals surface area contributed by atoms with Gasteiger partial charge in [0.2, 0.25) is 23.4 Å². The minimum Gasteiger partial charge on any atom is -0.354 e. The largest absolute Gasteiger partial charge is 0.354 e. The van der Waals surface area contributed by atoms with Crippen molar-refractivity contribution in [1.29, 1.82) is 0 Å². The third-order valence-corrected chi connectivity index (χ3v) is 5.68. The van der Waals surface area contributed by atoms with Crippen LogP contribution >= 0.6 is 11.6 Å². The van der Waals surface area contributed by atoms with Crippen molar-refractivity contribution in [1.82, 2.24) is 20.5 Å². The fraction of sp³-hybridized carbons (Fsp3) is 0.667. The summed E-state index contributed by atoms with van der Waals surface area (Å²) in [6.07, 6.45) is 6.92. The number of carbonyl (C=O) groups is 2. The number of amides is 2. The van der Waals surface area contributed by atoms with E-state index >= 15 is 0 Å². The van der Waals surface area contributed by atoms with E-state index in [0.29, 0.717) is 30.5 Å². The Morgan fingerprint density at radius 1 is 1.31 bits per heavy atom. The van der Waals surface area contributed by atoms with Gasteiger partial charge in [-0.25, -0.2) is 5.06 Å². The Morgan fingerprint density at radius 3 is 2.66 bits per heavy atom. The highest BCUT2D eigenvalue weighted by Gasteiger charge is 2.28. The molecule has 0 unspecified atom stereocenters. The third kappa shape index (κ3) is 5.66. The molecule has 1 aliphatic heterocycles. The molecule has 0 bridgehead atoms. The minimum atomic E-state index is -0.694. The van der Waals surface area contributed by atoms with Crippen molar-refractivity contribution in [3.8, 4) is 0 Å². The topological polar surface area (TPSA) is 111 Å². The van der Waals surface area contributed by atoms with Crippen molar-refractivity contribution >= 4 is 35.6 Å². The fourth-order valence-electron chi connectivity index (χ4n) is 4.03. The van der Waals surface area contributed by atoms with Crippen LogP contribution in [-0.2, 0) is 9.59 Å². The Kier molecular flexibility index (Phi) is 7.43. The van der Waals surface area contributed by atoms with Crippen molar-refractivity contribution in [2.24, 2.45) is 11.8 Å². The predicted octanol–water partition coefficient (Wildman–Crippen LogP) is 2.36.